The van der Waals surface area contributed by atoms with E-state index in [1.165, 1.54) is 0 Å². The van der Waals surface area contributed by atoms with Gasteiger partial charge in [-0.05, 0) is 42.7 Å². The highest BCUT2D eigenvalue weighted by molar-refractivity contribution is 9.10. The van der Waals surface area contributed by atoms with Gasteiger partial charge in [0.2, 0.25) is 0 Å². The number of benzene rings is 2. The zero-order valence-corrected chi connectivity index (χ0v) is 16.0. The van der Waals surface area contributed by atoms with Crippen LogP contribution in [0.3, 0.4) is 0 Å². The standard InChI is InChI=1S/C20H22BrNO3/c1-4-7-15-10-11-18(19(12-15)24-3)25-13-20(23)22-14(2)16-8-5-6-9-17(16)21/h4-6,8-12,14H,1,7,13H2,2-3H3,(H,22,23). The quantitative estimate of drug-likeness (QED) is 0.662. The van der Waals surface area contributed by atoms with E-state index in [0.29, 0.717) is 11.5 Å². The van der Waals surface area contributed by atoms with Crippen molar-refractivity contribution in [2.24, 2.45) is 0 Å². The minimum Gasteiger partial charge on any atom is -0.493 e. The summed E-state index contributed by atoms with van der Waals surface area (Å²) in [6.45, 7) is 5.58. The first kappa shape index (κ1) is 19.1. The van der Waals surface area contributed by atoms with Crippen LogP contribution >= 0.6 is 15.9 Å². The van der Waals surface area contributed by atoms with Gasteiger partial charge in [-0.3, -0.25) is 4.79 Å². The number of hydrogen-bond acceptors (Lipinski definition) is 3. The molecule has 132 valence electrons. The summed E-state index contributed by atoms with van der Waals surface area (Å²) in [5.41, 5.74) is 2.09. The molecule has 1 N–H and O–H groups in total. The molecule has 2 rings (SSSR count). The summed E-state index contributed by atoms with van der Waals surface area (Å²) in [5, 5.41) is 2.93. The Kier molecular flexibility index (Phi) is 7.07. The third kappa shape index (κ3) is 5.36. The molecule has 0 bridgehead atoms. The summed E-state index contributed by atoms with van der Waals surface area (Å²) in [6, 6.07) is 13.3. The molecule has 2 aromatic carbocycles. The van der Waals surface area contributed by atoms with Crippen molar-refractivity contribution in [3.63, 3.8) is 0 Å². The van der Waals surface area contributed by atoms with Crippen molar-refractivity contribution >= 4 is 21.8 Å². The van der Waals surface area contributed by atoms with Gasteiger partial charge in [0.25, 0.3) is 5.91 Å². The number of allylic oxidation sites excluding steroid dienone is 1. The molecule has 4 nitrogen and oxygen atoms in total. The van der Waals surface area contributed by atoms with Crippen LogP contribution in [0, 0.1) is 0 Å². The van der Waals surface area contributed by atoms with E-state index in [0.717, 1.165) is 22.0 Å². The Morgan fingerprint density at radius 3 is 2.72 bits per heavy atom. The molecule has 0 heterocycles. The maximum atomic E-state index is 12.2. The van der Waals surface area contributed by atoms with Crippen molar-refractivity contribution in [3.8, 4) is 11.5 Å². The van der Waals surface area contributed by atoms with Gasteiger partial charge in [0, 0.05) is 4.47 Å². The molecule has 0 aliphatic rings. The summed E-state index contributed by atoms with van der Waals surface area (Å²) in [4.78, 5) is 12.2. The monoisotopic (exact) mass is 403 g/mol. The minimum atomic E-state index is -0.194. The average molecular weight is 404 g/mol. The summed E-state index contributed by atoms with van der Waals surface area (Å²) in [7, 11) is 1.58. The normalized spacial score (nSPS) is 11.5. The Morgan fingerprint density at radius 2 is 2.04 bits per heavy atom. The number of nitrogens with one attached hydrogen (secondary N) is 1. The molecule has 0 fully saturated rings. The average Bonchev–Trinajstić information content (AvgIpc) is 2.61. The zero-order chi connectivity index (χ0) is 18.2. The Bertz CT molecular complexity index is 745. The van der Waals surface area contributed by atoms with Gasteiger partial charge in [0.1, 0.15) is 0 Å². The molecular weight excluding hydrogens is 382 g/mol. The van der Waals surface area contributed by atoms with Gasteiger partial charge in [-0.1, -0.05) is 46.3 Å². The van der Waals surface area contributed by atoms with Crippen LogP contribution in [-0.2, 0) is 11.2 Å². The van der Waals surface area contributed by atoms with Crippen LogP contribution in [0.1, 0.15) is 24.1 Å². The first-order chi connectivity index (χ1) is 12.0. The minimum absolute atomic E-state index is 0.0774. The van der Waals surface area contributed by atoms with Gasteiger partial charge < -0.3 is 14.8 Å². The van der Waals surface area contributed by atoms with Crippen molar-refractivity contribution in [2.75, 3.05) is 13.7 Å². The van der Waals surface area contributed by atoms with E-state index >= 15 is 0 Å². The molecular formula is C20H22BrNO3. The molecule has 0 spiro atoms. The van der Waals surface area contributed by atoms with Gasteiger partial charge in [-0.25, -0.2) is 0 Å². The lowest BCUT2D eigenvalue weighted by molar-refractivity contribution is -0.123. The van der Waals surface area contributed by atoms with Gasteiger partial charge in [0.15, 0.2) is 18.1 Å². The van der Waals surface area contributed by atoms with E-state index < -0.39 is 0 Å². The summed E-state index contributed by atoms with van der Waals surface area (Å²) in [5.74, 6) is 0.950. The molecule has 0 aliphatic carbocycles. The number of carbonyl (C=O) groups excluding carboxylic acids is 1. The van der Waals surface area contributed by atoms with E-state index in [4.69, 9.17) is 9.47 Å². The summed E-state index contributed by atoms with van der Waals surface area (Å²) in [6.07, 6.45) is 2.58. The number of rotatable bonds is 8. The van der Waals surface area contributed by atoms with E-state index in [-0.39, 0.29) is 18.6 Å². The van der Waals surface area contributed by atoms with Crippen LogP contribution < -0.4 is 14.8 Å². The first-order valence-electron chi connectivity index (χ1n) is 7.99. The zero-order valence-electron chi connectivity index (χ0n) is 14.4. The predicted octanol–water partition coefficient (Wildman–Crippen LogP) is 4.44. The fourth-order valence-corrected chi connectivity index (χ4v) is 3.08. The van der Waals surface area contributed by atoms with Crippen LogP contribution in [-0.4, -0.2) is 19.6 Å². The van der Waals surface area contributed by atoms with Gasteiger partial charge in [0.05, 0.1) is 13.2 Å². The van der Waals surface area contributed by atoms with Crippen LogP contribution in [0.15, 0.2) is 59.6 Å². The Labute approximate surface area is 157 Å². The van der Waals surface area contributed by atoms with Gasteiger partial charge >= 0.3 is 0 Å². The number of hydrogen-bond donors (Lipinski definition) is 1. The van der Waals surface area contributed by atoms with Crippen LogP contribution in [0.2, 0.25) is 0 Å². The maximum Gasteiger partial charge on any atom is 0.258 e. The van der Waals surface area contributed by atoms with E-state index in [1.807, 2.05) is 55.5 Å². The fraction of sp³-hybridized carbons (Fsp3) is 0.250. The highest BCUT2D eigenvalue weighted by Gasteiger charge is 2.13. The summed E-state index contributed by atoms with van der Waals surface area (Å²) >= 11 is 3.49. The Morgan fingerprint density at radius 1 is 1.28 bits per heavy atom. The third-order valence-electron chi connectivity index (χ3n) is 3.72. The molecule has 0 radical (unpaired) electrons. The highest BCUT2D eigenvalue weighted by Crippen LogP contribution is 2.28. The van der Waals surface area contributed by atoms with Crippen molar-refractivity contribution < 1.29 is 14.3 Å². The van der Waals surface area contributed by atoms with Crippen molar-refractivity contribution in [1.82, 2.24) is 5.32 Å². The molecule has 0 saturated heterocycles. The molecule has 1 unspecified atom stereocenters. The lowest BCUT2D eigenvalue weighted by Gasteiger charge is -2.17. The lowest BCUT2D eigenvalue weighted by atomic mass is 10.1. The molecule has 1 amide bonds. The number of ether oxygens (including phenoxy) is 2. The Hall–Kier alpha value is -2.27. The van der Waals surface area contributed by atoms with Crippen molar-refractivity contribution in [2.45, 2.75) is 19.4 Å². The largest absolute Gasteiger partial charge is 0.493 e. The van der Waals surface area contributed by atoms with Crippen molar-refractivity contribution in [3.05, 3.63) is 70.7 Å². The molecule has 1 atom stereocenters. The van der Waals surface area contributed by atoms with Crippen LogP contribution in [0.5, 0.6) is 11.5 Å². The molecule has 0 saturated carbocycles. The second-order valence-electron chi connectivity index (χ2n) is 5.58. The smallest absolute Gasteiger partial charge is 0.258 e. The molecule has 0 aromatic heterocycles. The third-order valence-corrected chi connectivity index (χ3v) is 4.44. The molecule has 2 aromatic rings. The molecule has 5 heteroatoms. The number of halogens is 1. The number of methoxy groups -OCH3 is 1. The van der Waals surface area contributed by atoms with E-state index in [2.05, 4.69) is 27.8 Å². The number of amides is 1. The topological polar surface area (TPSA) is 47.6 Å². The van der Waals surface area contributed by atoms with Crippen molar-refractivity contribution in [1.29, 1.82) is 0 Å². The Balaban J connectivity index is 1.95. The van der Waals surface area contributed by atoms with Gasteiger partial charge in [-0.15, -0.1) is 6.58 Å². The van der Waals surface area contributed by atoms with Gasteiger partial charge in [-0.2, -0.15) is 0 Å². The number of carbonyl (C=O) groups is 1. The molecule has 25 heavy (non-hydrogen) atoms. The molecule has 0 aliphatic heterocycles. The van der Waals surface area contributed by atoms with E-state index in [9.17, 15) is 4.79 Å². The summed E-state index contributed by atoms with van der Waals surface area (Å²) < 4.78 is 11.9. The lowest BCUT2D eigenvalue weighted by Crippen LogP contribution is -2.31. The first-order valence-corrected chi connectivity index (χ1v) is 8.78. The van der Waals surface area contributed by atoms with Crippen LogP contribution in [0.25, 0.3) is 0 Å². The maximum absolute atomic E-state index is 12.2. The highest BCUT2D eigenvalue weighted by atomic mass is 79.9. The second-order valence-corrected chi connectivity index (χ2v) is 6.43. The SMILES string of the molecule is C=CCc1ccc(OCC(=O)NC(C)c2ccccc2Br)c(OC)c1. The van der Waals surface area contributed by atoms with E-state index in [1.54, 1.807) is 7.11 Å². The second kappa shape index (κ2) is 9.28. The fourth-order valence-electron chi connectivity index (χ4n) is 2.46. The predicted molar refractivity (Wildman–Crippen MR) is 103 cm³/mol. The van der Waals surface area contributed by atoms with Crippen LogP contribution in [0.4, 0.5) is 0 Å².